The van der Waals surface area contributed by atoms with Crippen LogP contribution in [0.15, 0.2) is 36.5 Å². The van der Waals surface area contributed by atoms with Gasteiger partial charge in [-0.15, -0.1) is 0 Å². The molecule has 1 heterocycles. The van der Waals surface area contributed by atoms with Crippen LogP contribution in [0.1, 0.15) is 26.4 Å². The van der Waals surface area contributed by atoms with Crippen LogP contribution in [0.4, 0.5) is 13.2 Å². The molecule has 2 aromatic rings. The molecule has 0 unspecified atom stereocenters. The Kier molecular flexibility index (Phi) is 6.13. The molecule has 6 nitrogen and oxygen atoms in total. The smallest absolute Gasteiger partial charge is 0.417 e. The summed E-state index contributed by atoms with van der Waals surface area (Å²) in [6.07, 6.45) is -4.03. The van der Waals surface area contributed by atoms with Gasteiger partial charge in [-0.05, 0) is 18.2 Å². The molecule has 0 aliphatic carbocycles. The van der Waals surface area contributed by atoms with Crippen LogP contribution >= 0.6 is 11.6 Å². The van der Waals surface area contributed by atoms with E-state index < -0.39 is 28.6 Å². The Morgan fingerprint density at radius 2 is 1.71 bits per heavy atom. The highest BCUT2D eigenvalue weighted by atomic mass is 35.5. The first-order valence-corrected chi connectivity index (χ1v) is 6.52. The van der Waals surface area contributed by atoms with Crippen LogP contribution in [0.25, 0.3) is 0 Å². The van der Waals surface area contributed by atoms with Gasteiger partial charge in [0.05, 0.1) is 16.1 Å². The van der Waals surface area contributed by atoms with Crippen LogP contribution in [0, 0.1) is 0 Å². The maximum Gasteiger partial charge on any atom is 0.417 e. The van der Waals surface area contributed by atoms with Crippen LogP contribution in [-0.2, 0) is 6.18 Å². The molecule has 128 valence electrons. The van der Waals surface area contributed by atoms with Crippen LogP contribution in [-0.4, -0.2) is 21.9 Å². The molecule has 2 rings (SSSR count). The van der Waals surface area contributed by atoms with Gasteiger partial charge in [-0.1, -0.05) is 23.7 Å². The van der Waals surface area contributed by atoms with E-state index in [1.807, 2.05) is 0 Å². The van der Waals surface area contributed by atoms with E-state index in [2.05, 4.69) is 4.98 Å². The van der Waals surface area contributed by atoms with E-state index in [0.29, 0.717) is 12.3 Å². The van der Waals surface area contributed by atoms with Crippen molar-refractivity contribution >= 4 is 23.4 Å². The Hall–Kier alpha value is -2.81. The molecule has 24 heavy (non-hydrogen) atoms. The number of benzene rings is 1. The number of aromatic nitrogens is 1. The van der Waals surface area contributed by atoms with E-state index >= 15 is 0 Å². The molecule has 0 bridgehead atoms. The highest BCUT2D eigenvalue weighted by Crippen LogP contribution is 2.30. The molecule has 0 aliphatic rings. The number of halogens is 4. The third kappa shape index (κ3) is 5.13. The zero-order valence-electron chi connectivity index (χ0n) is 11.8. The van der Waals surface area contributed by atoms with Crippen LogP contribution < -0.4 is 11.5 Å². The Balaban J connectivity index is 0.000000254. The van der Waals surface area contributed by atoms with Crippen molar-refractivity contribution in [2.24, 2.45) is 11.5 Å². The second-order valence-electron chi connectivity index (χ2n) is 4.30. The zero-order chi connectivity index (χ0) is 18.5. The molecule has 0 aliphatic heterocycles. The predicted octanol–water partition coefficient (Wildman–Crippen LogP) is 2.34. The summed E-state index contributed by atoms with van der Waals surface area (Å²) in [7, 11) is 0. The molecule has 0 saturated heterocycles. The molecule has 0 saturated carbocycles. The quantitative estimate of drug-likeness (QED) is 0.760. The maximum atomic E-state index is 12.1. The van der Waals surface area contributed by atoms with Crippen molar-refractivity contribution in [2.45, 2.75) is 6.18 Å². The SMILES string of the molecule is NC(=O)c1ccccc1O.NC(=O)c1ncc(C(F)(F)F)cc1Cl. The van der Waals surface area contributed by atoms with Crippen molar-refractivity contribution in [1.29, 1.82) is 0 Å². The Morgan fingerprint density at radius 3 is 2.08 bits per heavy atom. The Morgan fingerprint density at radius 1 is 1.12 bits per heavy atom. The number of amides is 2. The van der Waals surface area contributed by atoms with Gasteiger partial charge in [-0.3, -0.25) is 9.59 Å². The second-order valence-corrected chi connectivity index (χ2v) is 4.71. The number of carbonyl (C=O) groups is 2. The fourth-order valence-corrected chi connectivity index (χ4v) is 1.72. The lowest BCUT2D eigenvalue weighted by atomic mass is 10.2. The van der Waals surface area contributed by atoms with Gasteiger partial charge in [0.25, 0.3) is 11.8 Å². The molecule has 1 aromatic carbocycles. The van der Waals surface area contributed by atoms with Crippen molar-refractivity contribution in [3.63, 3.8) is 0 Å². The number of para-hydroxylation sites is 1. The minimum Gasteiger partial charge on any atom is -0.507 e. The number of phenols is 1. The van der Waals surface area contributed by atoms with Gasteiger partial charge in [0, 0.05) is 6.20 Å². The number of nitrogens with two attached hydrogens (primary N) is 2. The highest BCUT2D eigenvalue weighted by Gasteiger charge is 2.31. The number of primary amides is 2. The van der Waals surface area contributed by atoms with Gasteiger partial charge < -0.3 is 16.6 Å². The molecular formula is C14H11ClF3N3O3. The fraction of sp³-hybridized carbons (Fsp3) is 0.0714. The molecular weight excluding hydrogens is 351 g/mol. The summed E-state index contributed by atoms with van der Waals surface area (Å²) < 4.78 is 36.3. The molecule has 0 fully saturated rings. The minimum absolute atomic E-state index is 0.0741. The molecule has 10 heteroatoms. The van der Waals surface area contributed by atoms with Gasteiger partial charge in [0.1, 0.15) is 11.4 Å². The topological polar surface area (TPSA) is 119 Å². The highest BCUT2D eigenvalue weighted by molar-refractivity contribution is 6.33. The van der Waals surface area contributed by atoms with Gasteiger partial charge in [-0.25, -0.2) is 4.98 Å². The fourth-order valence-electron chi connectivity index (χ4n) is 1.46. The summed E-state index contributed by atoms with van der Waals surface area (Å²) in [4.78, 5) is 24.3. The van der Waals surface area contributed by atoms with Crippen LogP contribution in [0.2, 0.25) is 5.02 Å². The van der Waals surface area contributed by atoms with E-state index in [-0.39, 0.29) is 17.0 Å². The first kappa shape index (κ1) is 19.2. The molecule has 1 aromatic heterocycles. The number of pyridine rings is 1. The number of hydrogen-bond donors (Lipinski definition) is 3. The third-order valence-corrected chi connectivity index (χ3v) is 2.86. The summed E-state index contributed by atoms with van der Waals surface area (Å²) in [5.74, 6) is -1.66. The van der Waals surface area contributed by atoms with Crippen molar-refractivity contribution < 1.29 is 27.9 Å². The number of nitrogens with zero attached hydrogens (tertiary/aromatic N) is 1. The summed E-state index contributed by atoms with van der Waals surface area (Å²) in [6.45, 7) is 0. The van der Waals surface area contributed by atoms with Gasteiger partial charge >= 0.3 is 6.18 Å². The Labute approximate surface area is 138 Å². The van der Waals surface area contributed by atoms with Gasteiger partial charge in [-0.2, -0.15) is 13.2 Å². The number of carbonyl (C=O) groups excluding carboxylic acids is 2. The number of hydrogen-bond acceptors (Lipinski definition) is 4. The standard InChI is InChI=1S/C7H4ClF3N2O.C7H7NO2/c8-4-1-3(7(9,10)11)2-13-5(4)6(12)14;8-7(10)5-3-1-2-4-6(5)9/h1-2H,(H2,12,14);1-4,9H,(H2,8,10). The lowest BCUT2D eigenvalue weighted by Crippen LogP contribution is -2.15. The monoisotopic (exact) mass is 361 g/mol. The van der Waals surface area contributed by atoms with Crippen molar-refractivity contribution in [1.82, 2.24) is 4.98 Å². The molecule has 5 N–H and O–H groups in total. The van der Waals surface area contributed by atoms with E-state index in [0.717, 1.165) is 0 Å². The van der Waals surface area contributed by atoms with E-state index in [1.165, 1.54) is 12.1 Å². The average Bonchev–Trinajstić information content (AvgIpc) is 2.46. The summed E-state index contributed by atoms with van der Waals surface area (Å²) in [6, 6.07) is 6.76. The Bertz CT molecular complexity index is 766. The van der Waals surface area contributed by atoms with Gasteiger partial charge in [0.2, 0.25) is 0 Å². The zero-order valence-corrected chi connectivity index (χ0v) is 12.6. The summed E-state index contributed by atoms with van der Waals surface area (Å²) >= 11 is 5.37. The van der Waals surface area contributed by atoms with Crippen LogP contribution in [0.5, 0.6) is 5.75 Å². The lowest BCUT2D eigenvalue weighted by Gasteiger charge is -2.06. The van der Waals surface area contributed by atoms with E-state index in [4.69, 9.17) is 28.2 Å². The van der Waals surface area contributed by atoms with Crippen molar-refractivity contribution in [3.05, 3.63) is 58.4 Å². The summed E-state index contributed by atoms with van der Waals surface area (Å²) in [5, 5.41) is 8.57. The molecule has 0 atom stereocenters. The number of rotatable bonds is 2. The maximum absolute atomic E-state index is 12.1. The second kappa shape index (κ2) is 7.64. The van der Waals surface area contributed by atoms with Crippen molar-refractivity contribution in [3.8, 4) is 5.75 Å². The average molecular weight is 362 g/mol. The number of alkyl halides is 3. The minimum atomic E-state index is -4.53. The lowest BCUT2D eigenvalue weighted by molar-refractivity contribution is -0.137. The third-order valence-electron chi connectivity index (χ3n) is 2.57. The van der Waals surface area contributed by atoms with Gasteiger partial charge in [0.15, 0.2) is 0 Å². The van der Waals surface area contributed by atoms with Crippen molar-refractivity contribution in [2.75, 3.05) is 0 Å². The number of aromatic hydroxyl groups is 1. The van der Waals surface area contributed by atoms with E-state index in [9.17, 15) is 22.8 Å². The predicted molar refractivity (Wildman–Crippen MR) is 79.4 cm³/mol. The summed E-state index contributed by atoms with van der Waals surface area (Å²) in [5.41, 5.74) is 8.48. The van der Waals surface area contributed by atoms with Crippen LogP contribution in [0.3, 0.4) is 0 Å². The first-order chi connectivity index (χ1) is 11.0. The molecule has 2 amide bonds. The normalized spacial score (nSPS) is 10.5. The largest absolute Gasteiger partial charge is 0.507 e. The van der Waals surface area contributed by atoms with E-state index in [1.54, 1.807) is 12.1 Å². The molecule has 0 spiro atoms. The first-order valence-electron chi connectivity index (χ1n) is 6.14. The molecule has 0 radical (unpaired) electrons.